The Labute approximate surface area is 163 Å². The van der Waals surface area contributed by atoms with Crippen molar-refractivity contribution >= 4 is 11.7 Å². The molecule has 1 aromatic carbocycles. The van der Waals surface area contributed by atoms with E-state index >= 15 is 0 Å². The summed E-state index contributed by atoms with van der Waals surface area (Å²) in [5.41, 5.74) is 1.90. The second-order valence-corrected chi connectivity index (χ2v) is 7.41. The molecule has 0 aliphatic carbocycles. The van der Waals surface area contributed by atoms with Gasteiger partial charge >= 0.3 is 0 Å². The van der Waals surface area contributed by atoms with Gasteiger partial charge in [0.05, 0.1) is 17.7 Å². The topological polar surface area (TPSA) is 80.0 Å². The first-order valence-corrected chi connectivity index (χ1v) is 9.49. The highest BCUT2D eigenvalue weighted by molar-refractivity contribution is 6.15. The number of ketones is 1. The largest absolute Gasteiger partial charge is 0.503 e. The number of carbonyl (C=O) groups is 2. The summed E-state index contributed by atoms with van der Waals surface area (Å²) >= 11 is 0. The van der Waals surface area contributed by atoms with E-state index in [0.717, 1.165) is 24.0 Å². The highest BCUT2D eigenvalue weighted by Crippen LogP contribution is 2.39. The van der Waals surface area contributed by atoms with Crippen LogP contribution in [0.1, 0.15) is 46.3 Å². The van der Waals surface area contributed by atoms with Crippen LogP contribution in [0.5, 0.6) is 0 Å². The van der Waals surface area contributed by atoms with Gasteiger partial charge in [-0.05, 0) is 44.4 Å². The van der Waals surface area contributed by atoms with Crippen molar-refractivity contribution in [3.63, 3.8) is 0 Å². The van der Waals surface area contributed by atoms with Gasteiger partial charge in [0.25, 0.3) is 5.91 Å². The number of hydrogen-bond acceptors (Lipinski definition) is 5. The van der Waals surface area contributed by atoms with Crippen LogP contribution in [0.15, 0.2) is 52.1 Å². The molecule has 28 heavy (non-hydrogen) atoms. The summed E-state index contributed by atoms with van der Waals surface area (Å²) in [6.45, 7) is 4.71. The zero-order chi connectivity index (χ0) is 19.8. The van der Waals surface area contributed by atoms with Gasteiger partial charge in [-0.25, -0.2) is 0 Å². The molecule has 2 aromatic rings. The number of benzene rings is 1. The summed E-state index contributed by atoms with van der Waals surface area (Å²) in [5.74, 6) is -0.825. The number of aliphatic hydroxyl groups is 1. The molecule has 2 aliphatic rings. The van der Waals surface area contributed by atoms with E-state index in [1.54, 1.807) is 24.0 Å². The number of aliphatic hydroxyl groups excluding tert-OH is 1. The van der Waals surface area contributed by atoms with Crippen LogP contribution in [0, 0.1) is 13.8 Å². The van der Waals surface area contributed by atoms with Crippen LogP contribution >= 0.6 is 0 Å². The molecule has 1 saturated heterocycles. The summed E-state index contributed by atoms with van der Waals surface area (Å²) in [6.07, 6.45) is 1.70. The first-order chi connectivity index (χ1) is 13.5. The lowest BCUT2D eigenvalue weighted by Crippen LogP contribution is -2.37. The minimum atomic E-state index is -0.671. The fourth-order valence-electron chi connectivity index (χ4n) is 3.87. The molecule has 4 rings (SSSR count). The average Bonchev–Trinajstić information content (AvgIpc) is 3.40. The van der Waals surface area contributed by atoms with Gasteiger partial charge < -0.3 is 19.2 Å². The first-order valence-electron chi connectivity index (χ1n) is 9.49. The van der Waals surface area contributed by atoms with E-state index in [1.807, 2.05) is 31.2 Å². The molecule has 0 spiro atoms. The summed E-state index contributed by atoms with van der Waals surface area (Å²) in [5, 5.41) is 10.6. The molecule has 2 aliphatic heterocycles. The molecule has 1 fully saturated rings. The molecule has 6 heteroatoms. The molecule has 2 atom stereocenters. The van der Waals surface area contributed by atoms with E-state index in [-0.39, 0.29) is 17.4 Å². The summed E-state index contributed by atoms with van der Waals surface area (Å²) in [4.78, 5) is 27.5. The predicted molar refractivity (Wildman–Crippen MR) is 102 cm³/mol. The van der Waals surface area contributed by atoms with Crippen LogP contribution in [-0.2, 0) is 9.53 Å². The third-order valence-electron chi connectivity index (χ3n) is 5.33. The van der Waals surface area contributed by atoms with Crippen molar-refractivity contribution in [1.29, 1.82) is 0 Å². The highest BCUT2D eigenvalue weighted by atomic mass is 16.5. The maximum Gasteiger partial charge on any atom is 0.290 e. The van der Waals surface area contributed by atoms with Crippen molar-refractivity contribution < 1.29 is 23.8 Å². The Hall–Kier alpha value is -2.86. The first kappa shape index (κ1) is 18.5. The predicted octanol–water partition coefficient (Wildman–Crippen LogP) is 3.65. The summed E-state index contributed by atoms with van der Waals surface area (Å²) in [7, 11) is 0. The number of furan rings is 1. The minimum absolute atomic E-state index is 0.0567. The number of hydrogen-bond donors (Lipinski definition) is 1. The number of rotatable bonds is 5. The Morgan fingerprint density at radius 2 is 1.93 bits per heavy atom. The molecular weight excluding hydrogens is 358 g/mol. The van der Waals surface area contributed by atoms with Gasteiger partial charge in [-0.3, -0.25) is 9.59 Å². The third kappa shape index (κ3) is 3.24. The molecule has 6 nitrogen and oxygen atoms in total. The van der Waals surface area contributed by atoms with Crippen LogP contribution in [0.25, 0.3) is 0 Å². The molecule has 3 heterocycles. The zero-order valence-corrected chi connectivity index (χ0v) is 16.0. The Bertz CT molecular complexity index is 934. The summed E-state index contributed by atoms with van der Waals surface area (Å²) < 4.78 is 11.2. The van der Waals surface area contributed by atoms with Crippen LogP contribution in [0.3, 0.4) is 0 Å². The van der Waals surface area contributed by atoms with Gasteiger partial charge in [0.1, 0.15) is 5.76 Å². The van der Waals surface area contributed by atoms with Crippen molar-refractivity contribution in [3.8, 4) is 0 Å². The maximum absolute atomic E-state index is 13.1. The van der Waals surface area contributed by atoms with Crippen molar-refractivity contribution in [1.82, 2.24) is 4.90 Å². The Morgan fingerprint density at radius 3 is 2.54 bits per heavy atom. The van der Waals surface area contributed by atoms with Gasteiger partial charge in [-0.2, -0.15) is 0 Å². The van der Waals surface area contributed by atoms with E-state index in [9.17, 15) is 14.7 Å². The lowest BCUT2D eigenvalue weighted by atomic mass is 9.94. The van der Waals surface area contributed by atoms with Gasteiger partial charge in [-0.1, -0.05) is 29.8 Å². The third-order valence-corrected chi connectivity index (χ3v) is 5.33. The molecule has 1 aromatic heterocycles. The van der Waals surface area contributed by atoms with E-state index in [0.29, 0.717) is 18.9 Å². The van der Waals surface area contributed by atoms with Gasteiger partial charge in [0.15, 0.2) is 11.5 Å². The van der Waals surface area contributed by atoms with Crippen LogP contribution in [-0.4, -0.2) is 41.0 Å². The zero-order valence-electron chi connectivity index (χ0n) is 16.0. The Morgan fingerprint density at radius 1 is 1.18 bits per heavy atom. The van der Waals surface area contributed by atoms with Gasteiger partial charge in [0.2, 0.25) is 5.78 Å². The molecule has 2 unspecified atom stereocenters. The molecule has 1 amide bonds. The smallest absolute Gasteiger partial charge is 0.290 e. The monoisotopic (exact) mass is 381 g/mol. The van der Waals surface area contributed by atoms with Crippen molar-refractivity contribution in [2.75, 3.05) is 13.2 Å². The Balaban J connectivity index is 1.75. The SMILES string of the molecule is Cc1ccc(C2C(C(=O)c3ccc(C)o3)=C(O)C(=O)N2CC2CCCO2)cc1. The van der Waals surface area contributed by atoms with E-state index in [1.165, 1.54) is 0 Å². The number of nitrogens with zero attached hydrogens (tertiary/aromatic N) is 1. The maximum atomic E-state index is 13.1. The van der Waals surface area contributed by atoms with Crippen LogP contribution in [0.4, 0.5) is 0 Å². The standard InChI is InChI=1S/C22H23NO5/c1-13-5-8-15(9-6-13)19-18(20(24)17-10-7-14(2)28-17)21(25)22(26)23(19)12-16-4-3-11-27-16/h5-10,16,19,25H,3-4,11-12H2,1-2H3. The number of ether oxygens (including phenoxy) is 1. The molecule has 0 saturated carbocycles. The van der Waals surface area contributed by atoms with Crippen molar-refractivity contribution in [3.05, 3.63) is 70.4 Å². The van der Waals surface area contributed by atoms with Gasteiger partial charge in [0, 0.05) is 13.2 Å². The number of Topliss-reactive ketones (excluding diaryl/α,β-unsaturated/α-hetero) is 1. The van der Waals surface area contributed by atoms with Crippen LogP contribution < -0.4 is 0 Å². The molecular formula is C22H23NO5. The normalized spacial score (nSPS) is 22.4. The lowest BCUT2D eigenvalue weighted by Gasteiger charge is -2.28. The highest BCUT2D eigenvalue weighted by Gasteiger charge is 2.45. The number of aryl methyl sites for hydroxylation is 2. The quantitative estimate of drug-likeness (QED) is 0.800. The molecule has 0 radical (unpaired) electrons. The second kappa shape index (κ2) is 7.28. The molecule has 146 valence electrons. The fraction of sp³-hybridized carbons (Fsp3) is 0.364. The second-order valence-electron chi connectivity index (χ2n) is 7.41. The lowest BCUT2D eigenvalue weighted by molar-refractivity contribution is -0.131. The number of carbonyl (C=O) groups excluding carboxylic acids is 2. The molecule has 0 bridgehead atoms. The van der Waals surface area contributed by atoms with Crippen molar-refractivity contribution in [2.45, 2.75) is 38.8 Å². The fourth-order valence-corrected chi connectivity index (χ4v) is 3.87. The Kier molecular flexibility index (Phi) is 4.81. The van der Waals surface area contributed by atoms with Crippen molar-refractivity contribution in [2.24, 2.45) is 0 Å². The van der Waals surface area contributed by atoms with E-state index in [2.05, 4.69) is 0 Å². The van der Waals surface area contributed by atoms with E-state index in [4.69, 9.17) is 9.15 Å². The van der Waals surface area contributed by atoms with E-state index < -0.39 is 23.5 Å². The average molecular weight is 381 g/mol. The number of amides is 1. The summed E-state index contributed by atoms with van der Waals surface area (Å²) in [6, 6.07) is 10.2. The van der Waals surface area contributed by atoms with Crippen LogP contribution in [0.2, 0.25) is 0 Å². The molecule has 1 N–H and O–H groups in total. The minimum Gasteiger partial charge on any atom is -0.503 e. The van der Waals surface area contributed by atoms with Gasteiger partial charge in [-0.15, -0.1) is 0 Å².